The van der Waals surface area contributed by atoms with Crippen molar-refractivity contribution in [2.24, 2.45) is 0 Å². The van der Waals surface area contributed by atoms with E-state index in [2.05, 4.69) is 0 Å². The smallest absolute Gasteiger partial charge is 0.340 e. The van der Waals surface area contributed by atoms with Gasteiger partial charge in [-0.15, -0.1) is 0 Å². The number of aromatic hydroxyl groups is 1. The summed E-state index contributed by atoms with van der Waals surface area (Å²) in [5.74, 6) is 1.33. The van der Waals surface area contributed by atoms with Gasteiger partial charge in [0, 0.05) is 28.8 Å². The van der Waals surface area contributed by atoms with Gasteiger partial charge in [0.05, 0.1) is 12.2 Å². The van der Waals surface area contributed by atoms with Crippen LogP contribution in [0.25, 0.3) is 0 Å². The summed E-state index contributed by atoms with van der Waals surface area (Å²) in [7, 11) is 0. The highest BCUT2D eigenvalue weighted by atomic mass is 16.6. The van der Waals surface area contributed by atoms with Crippen molar-refractivity contribution in [3.05, 3.63) is 82.9 Å². The summed E-state index contributed by atoms with van der Waals surface area (Å²) < 4.78 is 17.7. The Balaban J connectivity index is 0.000000645. The first-order valence-corrected chi connectivity index (χ1v) is 10.7. The van der Waals surface area contributed by atoms with Crippen LogP contribution < -0.4 is 9.47 Å². The van der Waals surface area contributed by atoms with Crippen LogP contribution in [0.2, 0.25) is 0 Å². The molecule has 5 nitrogen and oxygen atoms in total. The molecule has 162 valence electrons. The lowest BCUT2D eigenvalue weighted by Crippen LogP contribution is -2.32. The lowest BCUT2D eigenvalue weighted by atomic mass is 9.77. The van der Waals surface area contributed by atoms with Gasteiger partial charge in [-0.3, -0.25) is 0 Å². The predicted molar refractivity (Wildman–Crippen MR) is 120 cm³/mol. The molecule has 1 unspecified atom stereocenters. The standard InChI is InChI=1S/C22H16O5.2C2H6/c1-2-25-14-8-10-18-20(12-14)26-19-11-13(23)7-9-17(19)22(18)16-6-4-3-5-15(16)21(24)27-22;2*1-2/h3-12,23H,2H2,1H3;2*1-2H3. The van der Waals surface area contributed by atoms with Crippen molar-refractivity contribution in [1.29, 1.82) is 0 Å². The number of fused-ring (bicyclic) bond motifs is 6. The number of rotatable bonds is 2. The van der Waals surface area contributed by atoms with Crippen LogP contribution in [-0.2, 0) is 10.3 Å². The third-order valence-electron chi connectivity index (χ3n) is 4.98. The van der Waals surface area contributed by atoms with Crippen LogP contribution >= 0.6 is 0 Å². The molecule has 1 spiro atoms. The van der Waals surface area contributed by atoms with Gasteiger partial charge in [0.15, 0.2) is 5.60 Å². The molecule has 1 N–H and O–H groups in total. The average Bonchev–Trinajstić information content (AvgIpc) is 3.10. The minimum absolute atomic E-state index is 0.0749. The Hall–Kier alpha value is -3.47. The maximum absolute atomic E-state index is 12.7. The number of carbonyl (C=O) groups excluding carboxylic acids is 1. The Labute approximate surface area is 183 Å². The normalized spacial score (nSPS) is 16.9. The highest BCUT2D eigenvalue weighted by Gasteiger charge is 2.53. The summed E-state index contributed by atoms with van der Waals surface area (Å²) in [6.07, 6.45) is 0. The summed E-state index contributed by atoms with van der Waals surface area (Å²) in [6.45, 7) is 10.4. The lowest BCUT2D eigenvalue weighted by Gasteiger charge is -2.36. The van der Waals surface area contributed by atoms with E-state index in [4.69, 9.17) is 14.2 Å². The number of hydrogen-bond acceptors (Lipinski definition) is 5. The van der Waals surface area contributed by atoms with Gasteiger partial charge in [-0.1, -0.05) is 45.9 Å². The summed E-state index contributed by atoms with van der Waals surface area (Å²) >= 11 is 0. The van der Waals surface area contributed by atoms with Crippen LogP contribution in [0.1, 0.15) is 61.7 Å². The largest absolute Gasteiger partial charge is 0.508 e. The monoisotopic (exact) mass is 420 g/mol. The first kappa shape index (κ1) is 22.2. The molecule has 5 rings (SSSR count). The van der Waals surface area contributed by atoms with Crippen LogP contribution in [0.3, 0.4) is 0 Å². The third-order valence-corrected chi connectivity index (χ3v) is 4.98. The van der Waals surface area contributed by atoms with Gasteiger partial charge in [0.2, 0.25) is 0 Å². The van der Waals surface area contributed by atoms with Gasteiger partial charge in [0.1, 0.15) is 23.0 Å². The number of carbonyl (C=O) groups is 1. The van der Waals surface area contributed by atoms with Crippen molar-refractivity contribution in [3.8, 4) is 23.0 Å². The van der Waals surface area contributed by atoms with Crippen LogP contribution in [0, 0.1) is 0 Å². The van der Waals surface area contributed by atoms with E-state index in [1.807, 2.05) is 65.0 Å². The predicted octanol–water partition coefficient (Wildman–Crippen LogP) is 6.41. The van der Waals surface area contributed by atoms with Crippen LogP contribution in [-0.4, -0.2) is 17.7 Å². The van der Waals surface area contributed by atoms with E-state index in [-0.39, 0.29) is 11.7 Å². The molecule has 1 atom stereocenters. The molecule has 0 fully saturated rings. The molecule has 0 aliphatic carbocycles. The van der Waals surface area contributed by atoms with Crippen LogP contribution in [0.5, 0.6) is 23.0 Å². The summed E-state index contributed by atoms with van der Waals surface area (Å²) in [5, 5.41) is 9.94. The first-order chi connectivity index (χ1) is 15.1. The van der Waals surface area contributed by atoms with E-state index < -0.39 is 5.60 Å². The van der Waals surface area contributed by atoms with Gasteiger partial charge in [-0.25, -0.2) is 4.79 Å². The molecule has 0 bridgehead atoms. The number of benzene rings is 3. The molecule has 5 heteroatoms. The summed E-state index contributed by atoms with van der Waals surface area (Å²) in [5.41, 5.74) is 1.57. The molecule has 3 aromatic carbocycles. The van der Waals surface area contributed by atoms with E-state index in [0.717, 1.165) is 11.1 Å². The fourth-order valence-corrected chi connectivity index (χ4v) is 3.90. The molecule has 2 aliphatic rings. The maximum atomic E-state index is 12.7. The molecule has 3 aromatic rings. The Bertz CT molecular complexity index is 1090. The van der Waals surface area contributed by atoms with E-state index in [1.54, 1.807) is 24.3 Å². The molecule has 0 saturated carbocycles. The fraction of sp³-hybridized carbons (Fsp3) is 0.269. The molecular weight excluding hydrogens is 392 g/mol. The van der Waals surface area contributed by atoms with Crippen LogP contribution in [0.15, 0.2) is 60.7 Å². The van der Waals surface area contributed by atoms with Crippen molar-refractivity contribution < 1.29 is 24.1 Å². The second kappa shape index (κ2) is 9.13. The van der Waals surface area contributed by atoms with Crippen molar-refractivity contribution in [2.45, 2.75) is 40.2 Å². The van der Waals surface area contributed by atoms with Crippen molar-refractivity contribution in [1.82, 2.24) is 0 Å². The molecular formula is C26H28O5. The highest BCUT2D eigenvalue weighted by Crippen LogP contribution is 2.56. The lowest BCUT2D eigenvalue weighted by molar-refractivity contribution is 0.0224. The van der Waals surface area contributed by atoms with Gasteiger partial charge in [-0.05, 0) is 37.3 Å². The maximum Gasteiger partial charge on any atom is 0.340 e. The molecule has 2 aliphatic heterocycles. The van der Waals surface area contributed by atoms with E-state index >= 15 is 0 Å². The molecule has 0 amide bonds. The van der Waals surface area contributed by atoms with E-state index in [0.29, 0.717) is 35.0 Å². The Morgan fingerprint density at radius 3 is 2.23 bits per heavy atom. The van der Waals surface area contributed by atoms with E-state index in [1.165, 1.54) is 6.07 Å². The molecule has 2 heterocycles. The zero-order valence-electron chi connectivity index (χ0n) is 18.6. The average molecular weight is 421 g/mol. The SMILES string of the molecule is CC.CC.CCOc1ccc2c(c1)Oc1cc(O)ccc1C21OC(=O)c2ccccc21. The minimum atomic E-state index is -1.12. The third kappa shape index (κ3) is 3.50. The Morgan fingerprint density at radius 1 is 0.871 bits per heavy atom. The molecule has 0 aromatic heterocycles. The van der Waals surface area contributed by atoms with Crippen molar-refractivity contribution in [2.75, 3.05) is 6.61 Å². The molecule has 31 heavy (non-hydrogen) atoms. The van der Waals surface area contributed by atoms with Gasteiger partial charge >= 0.3 is 5.97 Å². The number of ether oxygens (including phenoxy) is 3. The number of phenolic OH excluding ortho intramolecular Hbond substituents is 1. The Kier molecular flexibility index (Phi) is 6.54. The molecule has 0 saturated heterocycles. The van der Waals surface area contributed by atoms with Gasteiger partial charge < -0.3 is 19.3 Å². The van der Waals surface area contributed by atoms with Crippen molar-refractivity contribution in [3.63, 3.8) is 0 Å². The fourth-order valence-electron chi connectivity index (χ4n) is 3.90. The summed E-state index contributed by atoms with van der Waals surface area (Å²) in [6, 6.07) is 17.7. The first-order valence-electron chi connectivity index (χ1n) is 10.7. The summed E-state index contributed by atoms with van der Waals surface area (Å²) in [4.78, 5) is 12.7. The van der Waals surface area contributed by atoms with Gasteiger partial charge in [0.25, 0.3) is 0 Å². The highest BCUT2D eigenvalue weighted by molar-refractivity contribution is 5.97. The zero-order chi connectivity index (χ0) is 22.6. The zero-order valence-corrected chi connectivity index (χ0v) is 18.6. The minimum Gasteiger partial charge on any atom is -0.508 e. The number of phenols is 1. The topological polar surface area (TPSA) is 65.0 Å². The van der Waals surface area contributed by atoms with Gasteiger partial charge in [-0.2, -0.15) is 0 Å². The Morgan fingerprint density at radius 2 is 1.52 bits per heavy atom. The number of esters is 1. The molecule has 0 radical (unpaired) electrons. The quantitative estimate of drug-likeness (QED) is 0.485. The number of hydrogen-bond donors (Lipinski definition) is 1. The van der Waals surface area contributed by atoms with Crippen molar-refractivity contribution >= 4 is 5.97 Å². The second-order valence-electron chi connectivity index (χ2n) is 6.49. The van der Waals surface area contributed by atoms with E-state index in [9.17, 15) is 9.90 Å². The van der Waals surface area contributed by atoms with Crippen LogP contribution in [0.4, 0.5) is 0 Å². The second-order valence-corrected chi connectivity index (χ2v) is 6.49.